The molecule has 3 aromatic rings. The van der Waals surface area contributed by atoms with Gasteiger partial charge in [0, 0.05) is 30.1 Å². The molecule has 0 saturated heterocycles. The van der Waals surface area contributed by atoms with Gasteiger partial charge in [0.25, 0.3) is 11.8 Å². The van der Waals surface area contributed by atoms with Gasteiger partial charge in [-0.15, -0.1) is 0 Å². The molecule has 1 aromatic heterocycles. The summed E-state index contributed by atoms with van der Waals surface area (Å²) in [4.78, 5) is 42.7. The zero-order chi connectivity index (χ0) is 26.6. The number of carbonyl (C=O) groups excluding carboxylic acids is 3. The highest BCUT2D eigenvalue weighted by Gasteiger charge is 2.27. The monoisotopic (exact) mass is 500 g/mol. The predicted octanol–water partition coefficient (Wildman–Crippen LogP) is 4.86. The number of rotatable bonds is 6. The molecule has 4 rings (SSSR count). The van der Waals surface area contributed by atoms with Gasteiger partial charge in [-0.2, -0.15) is 0 Å². The molecule has 0 unspecified atom stereocenters. The molecular weight excluding hydrogens is 472 g/mol. The maximum atomic E-state index is 12.4. The van der Waals surface area contributed by atoms with Crippen molar-refractivity contribution in [2.24, 2.45) is 5.73 Å². The van der Waals surface area contributed by atoms with Crippen LogP contribution < -0.4 is 15.8 Å². The third-order valence-electron chi connectivity index (χ3n) is 5.41. The number of hydrogen-bond acceptors (Lipinski definition) is 6. The number of nitrogens with two attached hydrogens (primary N) is 1. The Morgan fingerprint density at radius 1 is 1.03 bits per heavy atom. The van der Waals surface area contributed by atoms with E-state index in [1.54, 1.807) is 59.5 Å². The fourth-order valence-corrected chi connectivity index (χ4v) is 3.61. The Hall–Kier alpha value is -4.66. The van der Waals surface area contributed by atoms with E-state index in [4.69, 9.17) is 15.2 Å². The molecule has 1 aliphatic rings. The van der Waals surface area contributed by atoms with Gasteiger partial charge in [-0.3, -0.25) is 14.6 Å². The minimum Gasteiger partial charge on any atom is -0.456 e. The second-order valence-corrected chi connectivity index (χ2v) is 9.47. The summed E-state index contributed by atoms with van der Waals surface area (Å²) in [7, 11) is 0. The van der Waals surface area contributed by atoms with Gasteiger partial charge < -0.3 is 25.4 Å². The second-order valence-electron chi connectivity index (χ2n) is 9.47. The lowest BCUT2D eigenvalue weighted by Crippen LogP contribution is -2.35. The van der Waals surface area contributed by atoms with Gasteiger partial charge in [0.15, 0.2) is 0 Å². The fourth-order valence-electron chi connectivity index (χ4n) is 3.61. The standard InChI is InChI=1S/C28H28N4O5/c1-28(2,3)37-27(35)32-14-13-19(17-32)23-15-24(22(16-30-23)25(29)33)36-21-11-9-20(10-12-21)31-26(34)18-7-5-4-6-8-18/h4-13,15-16H,14,17H2,1-3H3,(H2,29,33)(H,31,34). The van der Waals surface area contributed by atoms with Crippen LogP contribution in [0.25, 0.3) is 5.57 Å². The third-order valence-corrected chi connectivity index (χ3v) is 5.41. The maximum Gasteiger partial charge on any atom is 0.410 e. The van der Waals surface area contributed by atoms with Gasteiger partial charge in [-0.05, 0) is 62.7 Å². The highest BCUT2D eigenvalue weighted by Crippen LogP contribution is 2.30. The molecular formula is C28H28N4O5. The number of nitrogens with one attached hydrogen (secondary N) is 1. The average molecular weight is 501 g/mol. The van der Waals surface area contributed by atoms with Gasteiger partial charge >= 0.3 is 6.09 Å². The minimum absolute atomic E-state index is 0.118. The molecule has 0 spiro atoms. The van der Waals surface area contributed by atoms with Gasteiger partial charge in [-0.25, -0.2) is 4.79 Å². The first-order chi connectivity index (χ1) is 17.6. The summed E-state index contributed by atoms with van der Waals surface area (Å²) in [6.07, 6.45) is 2.83. The first-order valence-corrected chi connectivity index (χ1v) is 11.7. The van der Waals surface area contributed by atoms with E-state index >= 15 is 0 Å². The fraction of sp³-hybridized carbons (Fsp3) is 0.214. The first kappa shape index (κ1) is 25.4. The summed E-state index contributed by atoms with van der Waals surface area (Å²) in [6.45, 7) is 6.13. The smallest absolute Gasteiger partial charge is 0.410 e. The van der Waals surface area contributed by atoms with Crippen molar-refractivity contribution in [2.45, 2.75) is 26.4 Å². The predicted molar refractivity (Wildman–Crippen MR) is 139 cm³/mol. The lowest BCUT2D eigenvalue weighted by Gasteiger charge is -2.24. The summed E-state index contributed by atoms with van der Waals surface area (Å²) >= 11 is 0. The van der Waals surface area contributed by atoms with Gasteiger partial charge in [-0.1, -0.05) is 24.3 Å². The number of amides is 3. The molecule has 190 valence electrons. The summed E-state index contributed by atoms with van der Waals surface area (Å²) in [5.74, 6) is -0.241. The number of aromatic nitrogens is 1. The molecule has 0 aliphatic carbocycles. The second kappa shape index (κ2) is 10.5. The molecule has 0 radical (unpaired) electrons. The number of anilines is 1. The van der Waals surface area contributed by atoms with Crippen molar-refractivity contribution in [3.63, 3.8) is 0 Å². The van der Waals surface area contributed by atoms with Crippen molar-refractivity contribution in [2.75, 3.05) is 18.4 Å². The van der Waals surface area contributed by atoms with E-state index in [1.165, 1.54) is 6.20 Å². The van der Waals surface area contributed by atoms with Crippen LogP contribution in [-0.4, -0.2) is 46.5 Å². The van der Waals surface area contributed by atoms with Crippen molar-refractivity contribution >= 4 is 29.2 Å². The molecule has 2 aromatic carbocycles. The number of ether oxygens (including phenoxy) is 2. The topological polar surface area (TPSA) is 124 Å². The molecule has 0 fully saturated rings. The maximum absolute atomic E-state index is 12.4. The van der Waals surface area contributed by atoms with Crippen molar-refractivity contribution < 1.29 is 23.9 Å². The largest absolute Gasteiger partial charge is 0.456 e. The molecule has 37 heavy (non-hydrogen) atoms. The van der Waals surface area contributed by atoms with E-state index in [9.17, 15) is 14.4 Å². The Morgan fingerprint density at radius 2 is 1.73 bits per heavy atom. The molecule has 1 aliphatic heterocycles. The van der Waals surface area contributed by atoms with Gasteiger partial charge in [0.05, 0.1) is 12.2 Å². The summed E-state index contributed by atoms with van der Waals surface area (Å²) in [5.41, 5.74) is 7.54. The zero-order valence-corrected chi connectivity index (χ0v) is 20.9. The van der Waals surface area contributed by atoms with Crippen LogP contribution in [0.15, 0.2) is 72.9 Å². The van der Waals surface area contributed by atoms with E-state index in [1.807, 2.05) is 32.9 Å². The Labute approximate surface area is 214 Å². The Kier molecular flexibility index (Phi) is 7.24. The lowest BCUT2D eigenvalue weighted by atomic mass is 10.1. The molecule has 3 amide bonds. The molecule has 0 saturated carbocycles. The van der Waals surface area contributed by atoms with Crippen molar-refractivity contribution in [3.8, 4) is 11.5 Å². The quantitative estimate of drug-likeness (QED) is 0.498. The van der Waals surface area contributed by atoms with Gasteiger partial charge in [0.1, 0.15) is 22.7 Å². The van der Waals surface area contributed by atoms with E-state index in [0.717, 1.165) is 5.57 Å². The molecule has 0 bridgehead atoms. The van der Waals surface area contributed by atoms with E-state index in [-0.39, 0.29) is 17.2 Å². The Bertz CT molecular complexity index is 1350. The molecule has 0 atom stereocenters. The van der Waals surface area contributed by atoms with E-state index in [0.29, 0.717) is 35.8 Å². The number of hydrogen-bond donors (Lipinski definition) is 2. The van der Waals surface area contributed by atoms with E-state index < -0.39 is 17.6 Å². The van der Waals surface area contributed by atoms with Crippen LogP contribution in [0.4, 0.5) is 10.5 Å². The summed E-state index contributed by atoms with van der Waals surface area (Å²) < 4.78 is 11.4. The van der Waals surface area contributed by atoms with Crippen LogP contribution >= 0.6 is 0 Å². The van der Waals surface area contributed by atoms with Crippen LogP contribution in [0.5, 0.6) is 11.5 Å². The average Bonchev–Trinajstić information content (AvgIpc) is 3.35. The number of primary amides is 1. The van der Waals surface area contributed by atoms with Crippen molar-refractivity contribution in [3.05, 3.63) is 89.8 Å². The first-order valence-electron chi connectivity index (χ1n) is 11.7. The van der Waals surface area contributed by atoms with Crippen LogP contribution in [0.3, 0.4) is 0 Å². The Morgan fingerprint density at radius 3 is 2.38 bits per heavy atom. The van der Waals surface area contributed by atoms with Crippen LogP contribution in [0, 0.1) is 0 Å². The Balaban J connectivity index is 1.47. The zero-order valence-electron chi connectivity index (χ0n) is 20.9. The summed E-state index contributed by atoms with van der Waals surface area (Å²) in [6, 6.07) is 17.2. The number of carbonyl (C=O) groups is 3. The number of nitrogens with zero attached hydrogens (tertiary/aromatic N) is 2. The molecule has 9 nitrogen and oxygen atoms in total. The minimum atomic E-state index is -0.684. The molecule has 9 heteroatoms. The SMILES string of the molecule is CC(C)(C)OC(=O)N1CC=C(c2cc(Oc3ccc(NC(=O)c4ccccc4)cc3)c(C(N)=O)cn2)C1. The number of pyridine rings is 1. The third kappa shape index (κ3) is 6.52. The van der Waals surface area contributed by atoms with E-state index in [2.05, 4.69) is 10.3 Å². The number of benzene rings is 2. The van der Waals surface area contributed by atoms with Crippen LogP contribution in [0.1, 0.15) is 47.2 Å². The molecule has 2 heterocycles. The van der Waals surface area contributed by atoms with Crippen LogP contribution in [0.2, 0.25) is 0 Å². The lowest BCUT2D eigenvalue weighted by molar-refractivity contribution is 0.0306. The van der Waals surface area contributed by atoms with Crippen molar-refractivity contribution in [1.29, 1.82) is 0 Å². The highest BCUT2D eigenvalue weighted by molar-refractivity contribution is 6.04. The highest BCUT2D eigenvalue weighted by atomic mass is 16.6. The molecule has 3 N–H and O–H groups in total. The normalized spacial score (nSPS) is 13.1. The summed E-state index contributed by atoms with van der Waals surface area (Å²) in [5, 5.41) is 2.82. The van der Waals surface area contributed by atoms with Gasteiger partial charge in [0.2, 0.25) is 0 Å². The van der Waals surface area contributed by atoms with Crippen LogP contribution in [-0.2, 0) is 4.74 Å². The van der Waals surface area contributed by atoms with Crippen molar-refractivity contribution in [1.82, 2.24) is 9.88 Å².